The van der Waals surface area contributed by atoms with Crippen LogP contribution >= 0.6 is 11.6 Å². The van der Waals surface area contributed by atoms with Gasteiger partial charge in [-0.2, -0.15) is 0 Å². The Kier molecular flexibility index (Phi) is 5.17. The number of halogens is 1. The molecule has 2 rings (SSSR count). The van der Waals surface area contributed by atoms with Gasteiger partial charge in [-0.05, 0) is 31.7 Å². The first-order valence-electron chi connectivity index (χ1n) is 7.15. The molecule has 0 aliphatic heterocycles. The topological polar surface area (TPSA) is 72.2 Å². The Balaban J connectivity index is 2.17. The van der Waals surface area contributed by atoms with Crippen molar-refractivity contribution in [2.45, 2.75) is 38.6 Å². The maximum absolute atomic E-state index is 12.4. The Hall–Kier alpha value is -1.62. The number of carbonyl (C=O) groups is 1. The molecule has 1 fully saturated rings. The van der Waals surface area contributed by atoms with E-state index in [9.17, 15) is 14.9 Å². The Morgan fingerprint density at radius 1 is 1.43 bits per heavy atom. The van der Waals surface area contributed by atoms with Crippen LogP contribution in [0.4, 0.5) is 5.69 Å². The lowest BCUT2D eigenvalue weighted by atomic mass is 9.85. The first kappa shape index (κ1) is 15.8. The number of nitro benzene ring substituents is 1. The molecule has 1 aliphatic carbocycles. The molecule has 5 nitrogen and oxygen atoms in total. The molecule has 0 bridgehead atoms. The van der Waals surface area contributed by atoms with Gasteiger partial charge in [0.2, 0.25) is 0 Å². The summed E-state index contributed by atoms with van der Waals surface area (Å²) in [5, 5.41) is 13.9. The fraction of sp³-hybridized carbons (Fsp3) is 0.533. The molecule has 2 unspecified atom stereocenters. The predicted octanol–water partition coefficient (Wildman–Crippen LogP) is 3.43. The van der Waals surface area contributed by atoms with Crippen molar-refractivity contribution in [1.29, 1.82) is 0 Å². The summed E-state index contributed by atoms with van der Waals surface area (Å²) < 4.78 is 0. The minimum Gasteiger partial charge on any atom is -0.349 e. The second kappa shape index (κ2) is 6.89. The summed E-state index contributed by atoms with van der Waals surface area (Å²) in [6.07, 6.45) is 4.14. The monoisotopic (exact) mass is 310 g/mol. The van der Waals surface area contributed by atoms with E-state index in [-0.39, 0.29) is 23.6 Å². The summed E-state index contributed by atoms with van der Waals surface area (Å²) in [6.45, 7) is 1.60. The van der Waals surface area contributed by atoms with Gasteiger partial charge in [0.25, 0.3) is 11.6 Å². The number of hydrogen-bond donors (Lipinski definition) is 1. The summed E-state index contributed by atoms with van der Waals surface area (Å²) in [6, 6.07) is 4.63. The van der Waals surface area contributed by atoms with Crippen LogP contribution in [0.3, 0.4) is 0 Å². The van der Waals surface area contributed by atoms with Gasteiger partial charge < -0.3 is 5.32 Å². The number of nitrogens with zero attached hydrogens (tertiary/aromatic N) is 1. The number of amides is 1. The number of carbonyl (C=O) groups excluding carboxylic acids is 1. The third kappa shape index (κ3) is 3.53. The summed E-state index contributed by atoms with van der Waals surface area (Å²) in [4.78, 5) is 22.9. The number of nitrogens with one attached hydrogen (secondary N) is 1. The maximum atomic E-state index is 12.4. The smallest absolute Gasteiger partial charge is 0.273 e. The highest BCUT2D eigenvalue weighted by Crippen LogP contribution is 2.26. The first-order valence-corrected chi connectivity index (χ1v) is 7.69. The normalized spacial score (nSPS) is 21.8. The average molecular weight is 311 g/mol. The molecule has 0 spiro atoms. The lowest BCUT2D eigenvalue weighted by Gasteiger charge is -2.31. The second-order valence-electron chi connectivity index (χ2n) is 5.49. The Morgan fingerprint density at radius 2 is 2.14 bits per heavy atom. The third-order valence-corrected chi connectivity index (χ3v) is 4.57. The van der Waals surface area contributed by atoms with Crippen molar-refractivity contribution >= 4 is 23.2 Å². The van der Waals surface area contributed by atoms with Crippen LogP contribution < -0.4 is 5.32 Å². The van der Waals surface area contributed by atoms with E-state index >= 15 is 0 Å². The second-order valence-corrected chi connectivity index (χ2v) is 5.79. The first-order chi connectivity index (χ1) is 10.0. The molecular formula is C15H19ClN2O3. The number of alkyl halides is 1. The molecule has 1 N–H and O–H groups in total. The maximum Gasteiger partial charge on any atom is 0.273 e. The SMILES string of the molecule is Cc1c(C(=O)NC2CCCCC2CCl)cccc1[N+](=O)[O-]. The van der Waals surface area contributed by atoms with Crippen LogP contribution in [0.2, 0.25) is 0 Å². The van der Waals surface area contributed by atoms with E-state index in [1.165, 1.54) is 6.07 Å². The zero-order valence-corrected chi connectivity index (χ0v) is 12.7. The number of nitro groups is 1. The summed E-state index contributed by atoms with van der Waals surface area (Å²) in [5.74, 6) is 0.556. The van der Waals surface area contributed by atoms with Crippen molar-refractivity contribution in [2.75, 3.05) is 5.88 Å². The zero-order chi connectivity index (χ0) is 15.4. The lowest BCUT2D eigenvalue weighted by Crippen LogP contribution is -2.43. The highest BCUT2D eigenvalue weighted by atomic mass is 35.5. The fourth-order valence-corrected chi connectivity index (χ4v) is 3.27. The summed E-state index contributed by atoms with van der Waals surface area (Å²) >= 11 is 5.96. The number of benzene rings is 1. The predicted molar refractivity (Wildman–Crippen MR) is 81.8 cm³/mol. The van der Waals surface area contributed by atoms with Crippen LogP contribution in [-0.4, -0.2) is 22.8 Å². The van der Waals surface area contributed by atoms with Crippen LogP contribution in [0.25, 0.3) is 0 Å². The van der Waals surface area contributed by atoms with Crippen LogP contribution in [0, 0.1) is 23.0 Å². The van der Waals surface area contributed by atoms with Gasteiger partial charge in [-0.1, -0.05) is 18.9 Å². The molecule has 0 aromatic heterocycles. The van der Waals surface area contributed by atoms with E-state index in [2.05, 4.69) is 5.32 Å². The minimum absolute atomic E-state index is 0.0276. The molecule has 1 amide bonds. The van der Waals surface area contributed by atoms with E-state index < -0.39 is 4.92 Å². The molecule has 0 heterocycles. The third-order valence-electron chi connectivity index (χ3n) is 4.17. The van der Waals surface area contributed by atoms with Crippen LogP contribution in [0.15, 0.2) is 18.2 Å². The fourth-order valence-electron chi connectivity index (χ4n) is 2.90. The molecule has 114 valence electrons. The van der Waals surface area contributed by atoms with Crippen molar-refractivity contribution in [3.63, 3.8) is 0 Å². The van der Waals surface area contributed by atoms with Gasteiger partial charge in [0.15, 0.2) is 0 Å². The van der Waals surface area contributed by atoms with E-state index in [0.29, 0.717) is 17.0 Å². The van der Waals surface area contributed by atoms with Gasteiger partial charge in [-0.25, -0.2) is 0 Å². The van der Waals surface area contributed by atoms with Gasteiger partial charge in [-0.3, -0.25) is 14.9 Å². The molecule has 1 aliphatic rings. The molecular weight excluding hydrogens is 292 g/mol. The van der Waals surface area contributed by atoms with Crippen molar-refractivity contribution in [2.24, 2.45) is 5.92 Å². The number of rotatable bonds is 4. The van der Waals surface area contributed by atoms with Gasteiger partial charge in [0, 0.05) is 29.1 Å². The van der Waals surface area contributed by atoms with E-state index in [1.54, 1.807) is 19.1 Å². The van der Waals surface area contributed by atoms with Gasteiger partial charge in [-0.15, -0.1) is 11.6 Å². The zero-order valence-electron chi connectivity index (χ0n) is 12.0. The van der Waals surface area contributed by atoms with Crippen LogP contribution in [-0.2, 0) is 0 Å². The standard InChI is InChI=1S/C15H19ClN2O3/c1-10-12(6-4-8-14(10)18(20)21)15(19)17-13-7-3-2-5-11(13)9-16/h4,6,8,11,13H,2-3,5,7,9H2,1H3,(H,17,19). The molecule has 2 atom stereocenters. The van der Waals surface area contributed by atoms with Crippen molar-refractivity contribution < 1.29 is 9.72 Å². The van der Waals surface area contributed by atoms with Gasteiger partial charge >= 0.3 is 0 Å². The van der Waals surface area contributed by atoms with Crippen molar-refractivity contribution in [1.82, 2.24) is 5.32 Å². The van der Waals surface area contributed by atoms with Gasteiger partial charge in [0.05, 0.1) is 4.92 Å². The quantitative estimate of drug-likeness (QED) is 0.526. The summed E-state index contributed by atoms with van der Waals surface area (Å²) in [7, 11) is 0. The number of hydrogen-bond acceptors (Lipinski definition) is 3. The van der Waals surface area contributed by atoms with Crippen LogP contribution in [0.5, 0.6) is 0 Å². The van der Waals surface area contributed by atoms with E-state index in [4.69, 9.17) is 11.6 Å². The van der Waals surface area contributed by atoms with E-state index in [1.807, 2.05) is 0 Å². The van der Waals surface area contributed by atoms with Crippen molar-refractivity contribution in [3.8, 4) is 0 Å². The highest BCUT2D eigenvalue weighted by Gasteiger charge is 2.27. The largest absolute Gasteiger partial charge is 0.349 e. The van der Waals surface area contributed by atoms with Crippen molar-refractivity contribution in [3.05, 3.63) is 39.4 Å². The van der Waals surface area contributed by atoms with Crippen LogP contribution in [0.1, 0.15) is 41.6 Å². The van der Waals surface area contributed by atoms with E-state index in [0.717, 1.165) is 25.7 Å². The molecule has 1 aromatic carbocycles. The molecule has 6 heteroatoms. The Labute approximate surface area is 128 Å². The Bertz CT molecular complexity index is 548. The minimum atomic E-state index is -0.464. The lowest BCUT2D eigenvalue weighted by molar-refractivity contribution is -0.385. The molecule has 0 radical (unpaired) electrons. The molecule has 1 saturated carbocycles. The average Bonchev–Trinajstić information content (AvgIpc) is 2.47. The molecule has 21 heavy (non-hydrogen) atoms. The highest BCUT2D eigenvalue weighted by molar-refractivity contribution is 6.18. The Morgan fingerprint density at radius 3 is 2.81 bits per heavy atom. The molecule has 0 saturated heterocycles. The van der Waals surface area contributed by atoms with Gasteiger partial charge in [0.1, 0.15) is 0 Å². The summed E-state index contributed by atoms with van der Waals surface area (Å²) in [5.41, 5.74) is 0.738. The molecule has 1 aromatic rings.